The lowest BCUT2D eigenvalue weighted by Gasteiger charge is -2.33. The van der Waals surface area contributed by atoms with Crippen LogP contribution in [0, 0.1) is 6.92 Å². The maximum atomic E-state index is 11.5. The summed E-state index contributed by atoms with van der Waals surface area (Å²) in [5.41, 5.74) is 2.28. The Labute approximate surface area is 107 Å². The Kier molecular flexibility index (Phi) is 3.75. The van der Waals surface area contributed by atoms with Crippen LogP contribution in [0.4, 0.5) is 5.69 Å². The van der Waals surface area contributed by atoms with Crippen molar-refractivity contribution < 1.29 is 14.3 Å². The molecule has 1 aliphatic rings. The fraction of sp³-hybridized carbons (Fsp3) is 0.500. The highest BCUT2D eigenvalue weighted by Crippen LogP contribution is 2.33. The number of fused-ring (bicyclic) bond motifs is 1. The normalized spacial score (nSPS) is 17.9. The van der Waals surface area contributed by atoms with Crippen LogP contribution in [0.15, 0.2) is 18.2 Å². The van der Waals surface area contributed by atoms with Gasteiger partial charge in [0, 0.05) is 7.05 Å². The smallest absolute Gasteiger partial charge is 0.309 e. The summed E-state index contributed by atoms with van der Waals surface area (Å²) in [6, 6.07) is 6.06. The van der Waals surface area contributed by atoms with E-state index in [1.54, 1.807) is 0 Å². The van der Waals surface area contributed by atoms with Crippen molar-refractivity contribution in [2.75, 3.05) is 25.1 Å². The zero-order valence-electron chi connectivity index (χ0n) is 11.1. The van der Waals surface area contributed by atoms with Crippen molar-refractivity contribution in [3.8, 4) is 5.75 Å². The second-order valence-electron chi connectivity index (χ2n) is 4.60. The number of rotatable bonds is 3. The average molecular weight is 249 g/mol. The van der Waals surface area contributed by atoms with Crippen molar-refractivity contribution in [3.63, 3.8) is 0 Å². The molecular formula is C14H19NO3. The van der Waals surface area contributed by atoms with E-state index in [1.165, 1.54) is 5.56 Å². The molecular weight excluding hydrogens is 230 g/mol. The van der Waals surface area contributed by atoms with E-state index in [4.69, 9.17) is 9.47 Å². The number of benzene rings is 1. The molecule has 1 aromatic carbocycles. The van der Waals surface area contributed by atoms with E-state index in [2.05, 4.69) is 17.9 Å². The second-order valence-corrected chi connectivity index (χ2v) is 4.60. The largest absolute Gasteiger partial charge is 0.486 e. The fourth-order valence-corrected chi connectivity index (χ4v) is 2.16. The van der Waals surface area contributed by atoms with Crippen LogP contribution in [0.2, 0.25) is 0 Å². The van der Waals surface area contributed by atoms with Crippen LogP contribution < -0.4 is 9.64 Å². The molecule has 0 spiro atoms. The zero-order valence-corrected chi connectivity index (χ0v) is 11.1. The molecule has 0 radical (unpaired) electrons. The summed E-state index contributed by atoms with van der Waals surface area (Å²) in [5.74, 6) is 0.634. The van der Waals surface area contributed by atoms with E-state index in [1.807, 2.05) is 26.1 Å². The van der Waals surface area contributed by atoms with Crippen molar-refractivity contribution in [2.45, 2.75) is 26.4 Å². The summed E-state index contributed by atoms with van der Waals surface area (Å²) in [7, 11) is 2.01. The number of nitrogens with zero attached hydrogens (tertiary/aromatic N) is 1. The summed E-state index contributed by atoms with van der Waals surface area (Å²) in [5, 5.41) is 0. The number of anilines is 1. The molecule has 0 bridgehead atoms. The Morgan fingerprint density at radius 1 is 1.56 bits per heavy atom. The Morgan fingerprint density at radius 2 is 2.33 bits per heavy atom. The van der Waals surface area contributed by atoms with Crippen molar-refractivity contribution in [3.05, 3.63) is 23.8 Å². The maximum Gasteiger partial charge on any atom is 0.309 e. The minimum absolute atomic E-state index is 0.135. The van der Waals surface area contributed by atoms with Crippen LogP contribution in [0.3, 0.4) is 0 Å². The van der Waals surface area contributed by atoms with Gasteiger partial charge in [0.15, 0.2) is 0 Å². The molecule has 0 N–H and O–H groups in total. The molecule has 4 heteroatoms. The molecule has 0 fully saturated rings. The Balaban J connectivity index is 2.08. The summed E-state index contributed by atoms with van der Waals surface area (Å²) in [6.45, 7) is 4.98. The molecule has 1 aliphatic heterocycles. The highest BCUT2D eigenvalue weighted by molar-refractivity contribution is 5.71. The molecule has 1 atom stereocenters. The molecule has 1 unspecified atom stereocenters. The van der Waals surface area contributed by atoms with Gasteiger partial charge in [0.25, 0.3) is 0 Å². The summed E-state index contributed by atoms with van der Waals surface area (Å²) >= 11 is 0. The van der Waals surface area contributed by atoms with Gasteiger partial charge in [0.05, 0.1) is 25.3 Å². The van der Waals surface area contributed by atoms with E-state index in [9.17, 15) is 4.79 Å². The van der Waals surface area contributed by atoms with E-state index < -0.39 is 0 Å². The number of carbonyl (C=O) groups excluding carboxylic acids is 1. The lowest BCUT2D eigenvalue weighted by molar-refractivity contribution is -0.144. The lowest BCUT2D eigenvalue weighted by Crippen LogP contribution is -2.39. The molecule has 2 rings (SSSR count). The minimum Gasteiger partial charge on any atom is -0.486 e. The Bertz CT molecular complexity index is 445. The van der Waals surface area contributed by atoms with Crippen LogP contribution in [0.25, 0.3) is 0 Å². The van der Waals surface area contributed by atoms with Gasteiger partial charge in [-0.25, -0.2) is 0 Å². The number of hydrogen-bond acceptors (Lipinski definition) is 4. The standard InChI is InChI=1S/C14H19NO3/c1-4-17-14(16)8-11-9-15(3)12-7-10(2)5-6-13(12)18-11/h5-7,11H,4,8-9H2,1-3H3. The molecule has 1 aromatic rings. The first-order chi connectivity index (χ1) is 8.60. The minimum atomic E-state index is -0.202. The van der Waals surface area contributed by atoms with Crippen LogP contribution in [-0.2, 0) is 9.53 Å². The molecule has 0 amide bonds. The highest BCUT2D eigenvalue weighted by Gasteiger charge is 2.25. The molecule has 0 saturated heterocycles. The van der Waals surface area contributed by atoms with Gasteiger partial charge in [-0.2, -0.15) is 0 Å². The topological polar surface area (TPSA) is 38.8 Å². The van der Waals surface area contributed by atoms with Gasteiger partial charge < -0.3 is 14.4 Å². The summed E-state index contributed by atoms with van der Waals surface area (Å²) < 4.78 is 10.8. The highest BCUT2D eigenvalue weighted by atomic mass is 16.5. The molecule has 0 aliphatic carbocycles. The first-order valence-corrected chi connectivity index (χ1v) is 6.24. The van der Waals surface area contributed by atoms with Gasteiger partial charge in [0.2, 0.25) is 0 Å². The van der Waals surface area contributed by atoms with Crippen molar-refractivity contribution in [2.24, 2.45) is 0 Å². The van der Waals surface area contributed by atoms with Crippen molar-refractivity contribution >= 4 is 11.7 Å². The average Bonchev–Trinajstić information content (AvgIpc) is 2.30. The number of esters is 1. The van der Waals surface area contributed by atoms with Crippen LogP contribution in [-0.4, -0.2) is 32.3 Å². The third kappa shape index (κ3) is 2.75. The fourth-order valence-electron chi connectivity index (χ4n) is 2.16. The monoisotopic (exact) mass is 249 g/mol. The molecule has 98 valence electrons. The maximum absolute atomic E-state index is 11.5. The third-order valence-electron chi connectivity index (χ3n) is 3.00. The summed E-state index contributed by atoms with van der Waals surface area (Å²) in [6.07, 6.45) is 0.162. The first kappa shape index (κ1) is 12.7. The predicted octanol–water partition coefficient (Wildman–Crippen LogP) is 2.15. The number of aryl methyl sites for hydroxylation is 1. The van der Waals surface area contributed by atoms with Gasteiger partial charge in [-0.15, -0.1) is 0 Å². The van der Waals surface area contributed by atoms with Gasteiger partial charge in [-0.05, 0) is 31.5 Å². The van der Waals surface area contributed by atoms with Crippen LogP contribution in [0.5, 0.6) is 5.75 Å². The van der Waals surface area contributed by atoms with Crippen LogP contribution in [0.1, 0.15) is 18.9 Å². The van der Waals surface area contributed by atoms with E-state index in [0.717, 1.165) is 11.4 Å². The molecule has 18 heavy (non-hydrogen) atoms. The van der Waals surface area contributed by atoms with E-state index in [-0.39, 0.29) is 12.1 Å². The number of likely N-dealkylation sites (N-methyl/N-ethyl adjacent to an activating group) is 1. The number of ether oxygens (including phenoxy) is 2. The predicted molar refractivity (Wildman–Crippen MR) is 70.1 cm³/mol. The number of carbonyl (C=O) groups is 1. The Hall–Kier alpha value is -1.71. The van der Waals surface area contributed by atoms with Gasteiger partial charge in [-0.1, -0.05) is 6.07 Å². The van der Waals surface area contributed by atoms with Gasteiger partial charge in [-0.3, -0.25) is 4.79 Å². The summed E-state index contributed by atoms with van der Waals surface area (Å²) in [4.78, 5) is 13.6. The van der Waals surface area contributed by atoms with Gasteiger partial charge in [0.1, 0.15) is 11.9 Å². The van der Waals surface area contributed by atoms with E-state index >= 15 is 0 Å². The lowest BCUT2D eigenvalue weighted by atomic mass is 10.1. The van der Waals surface area contributed by atoms with Crippen molar-refractivity contribution in [1.29, 1.82) is 0 Å². The van der Waals surface area contributed by atoms with Gasteiger partial charge >= 0.3 is 5.97 Å². The SMILES string of the molecule is CCOC(=O)CC1CN(C)c2cc(C)ccc2O1. The van der Waals surface area contributed by atoms with Crippen molar-refractivity contribution in [1.82, 2.24) is 0 Å². The molecule has 4 nitrogen and oxygen atoms in total. The quantitative estimate of drug-likeness (QED) is 0.769. The Morgan fingerprint density at radius 3 is 3.06 bits per heavy atom. The second kappa shape index (κ2) is 5.29. The van der Waals surface area contributed by atoms with E-state index in [0.29, 0.717) is 19.6 Å². The molecule has 1 heterocycles. The molecule has 0 aromatic heterocycles. The first-order valence-electron chi connectivity index (χ1n) is 6.24. The third-order valence-corrected chi connectivity index (χ3v) is 3.00. The number of hydrogen-bond donors (Lipinski definition) is 0. The van der Waals surface area contributed by atoms with Crippen LogP contribution >= 0.6 is 0 Å². The zero-order chi connectivity index (χ0) is 13.1. The molecule has 0 saturated carbocycles.